The van der Waals surface area contributed by atoms with Gasteiger partial charge in [0.05, 0.1) is 12.7 Å². The van der Waals surface area contributed by atoms with Gasteiger partial charge < -0.3 is 30.3 Å². The number of nitrogens with one attached hydrogen (secondary N) is 3. The molecule has 0 heterocycles. The van der Waals surface area contributed by atoms with Gasteiger partial charge in [-0.1, -0.05) is 18.2 Å². The average molecular weight is 477 g/mol. The van der Waals surface area contributed by atoms with Crippen LogP contribution >= 0.6 is 0 Å². The summed E-state index contributed by atoms with van der Waals surface area (Å²) in [6.07, 6.45) is 1.90. The van der Waals surface area contributed by atoms with E-state index >= 15 is 0 Å². The lowest BCUT2D eigenvalue weighted by Gasteiger charge is -2.13. The van der Waals surface area contributed by atoms with Gasteiger partial charge in [0, 0.05) is 24.0 Å². The molecular formula is C27H32N4O4. The molecule has 0 aliphatic heterocycles. The third kappa shape index (κ3) is 8.35. The minimum absolute atomic E-state index is 0.208. The van der Waals surface area contributed by atoms with Crippen molar-refractivity contribution >= 4 is 23.3 Å². The number of nitrogens with zero attached hydrogens (tertiary/aromatic N) is 1. The number of hydrogen-bond donors (Lipinski definition) is 3. The maximum absolute atomic E-state index is 12.5. The van der Waals surface area contributed by atoms with Crippen molar-refractivity contribution in [2.45, 2.75) is 12.8 Å². The number of methoxy groups -OCH3 is 1. The van der Waals surface area contributed by atoms with E-state index in [-0.39, 0.29) is 5.91 Å². The van der Waals surface area contributed by atoms with Gasteiger partial charge in [0.15, 0.2) is 0 Å². The fourth-order valence-corrected chi connectivity index (χ4v) is 3.33. The molecule has 3 N–H and O–H groups in total. The normalized spacial score (nSPS) is 10.5. The highest BCUT2D eigenvalue weighted by Crippen LogP contribution is 2.25. The first-order valence-electron chi connectivity index (χ1n) is 11.5. The van der Waals surface area contributed by atoms with Gasteiger partial charge in [-0.2, -0.15) is 0 Å². The Morgan fingerprint density at radius 1 is 0.829 bits per heavy atom. The highest BCUT2D eigenvalue weighted by atomic mass is 16.5. The molecule has 8 heteroatoms. The number of rotatable bonds is 11. The maximum atomic E-state index is 12.5. The number of benzene rings is 3. The van der Waals surface area contributed by atoms with Crippen LogP contribution in [0.15, 0.2) is 72.8 Å². The molecule has 0 bridgehead atoms. The molecule has 184 valence electrons. The molecule has 0 unspecified atom stereocenters. The Morgan fingerprint density at radius 3 is 2.17 bits per heavy atom. The summed E-state index contributed by atoms with van der Waals surface area (Å²) in [6, 6.07) is 21.0. The topological polar surface area (TPSA) is 91.9 Å². The van der Waals surface area contributed by atoms with Crippen LogP contribution in [-0.4, -0.2) is 51.1 Å². The molecule has 3 aromatic rings. The largest absolute Gasteiger partial charge is 0.496 e. The molecule has 3 amide bonds. The monoisotopic (exact) mass is 476 g/mol. The Morgan fingerprint density at radius 2 is 1.49 bits per heavy atom. The van der Waals surface area contributed by atoms with Crippen LogP contribution in [-0.2, 0) is 0 Å². The smallest absolute Gasteiger partial charge is 0.323 e. The number of unbranched alkanes of at least 4 members (excludes halogenated alkanes) is 1. The van der Waals surface area contributed by atoms with Crippen LogP contribution in [0, 0.1) is 0 Å². The summed E-state index contributed by atoms with van der Waals surface area (Å²) < 4.78 is 11.1. The first-order valence-corrected chi connectivity index (χ1v) is 11.5. The SMILES string of the molecule is COc1cc(NC(=O)Nc2ccc(Oc3ccccc3)cc2)ccc1C(=O)NCCCCN(C)C. The van der Waals surface area contributed by atoms with Crippen LogP contribution in [0.1, 0.15) is 23.2 Å². The maximum Gasteiger partial charge on any atom is 0.323 e. The van der Waals surface area contributed by atoms with Crippen molar-refractivity contribution in [3.8, 4) is 17.2 Å². The van der Waals surface area contributed by atoms with E-state index < -0.39 is 6.03 Å². The van der Waals surface area contributed by atoms with Gasteiger partial charge in [-0.05, 0) is 82.0 Å². The summed E-state index contributed by atoms with van der Waals surface area (Å²) >= 11 is 0. The van der Waals surface area contributed by atoms with Crippen molar-refractivity contribution in [2.24, 2.45) is 0 Å². The zero-order valence-corrected chi connectivity index (χ0v) is 20.3. The highest BCUT2D eigenvalue weighted by molar-refractivity contribution is 6.01. The van der Waals surface area contributed by atoms with Gasteiger partial charge in [0.25, 0.3) is 5.91 Å². The van der Waals surface area contributed by atoms with Gasteiger partial charge in [-0.3, -0.25) is 4.79 Å². The van der Waals surface area contributed by atoms with Crippen molar-refractivity contribution < 1.29 is 19.1 Å². The molecule has 0 aliphatic carbocycles. The van der Waals surface area contributed by atoms with Crippen LogP contribution < -0.4 is 25.4 Å². The Kier molecular flexibility index (Phi) is 9.50. The number of amides is 3. The molecule has 0 atom stereocenters. The number of para-hydroxylation sites is 1. The molecule has 0 aromatic heterocycles. The number of hydrogen-bond acceptors (Lipinski definition) is 5. The van der Waals surface area contributed by atoms with E-state index in [4.69, 9.17) is 9.47 Å². The molecule has 0 spiro atoms. The summed E-state index contributed by atoms with van der Waals surface area (Å²) in [7, 11) is 5.54. The zero-order valence-electron chi connectivity index (χ0n) is 20.3. The van der Waals surface area contributed by atoms with Crippen molar-refractivity contribution in [3.63, 3.8) is 0 Å². The van der Waals surface area contributed by atoms with Gasteiger partial charge >= 0.3 is 6.03 Å². The van der Waals surface area contributed by atoms with Gasteiger partial charge in [0.1, 0.15) is 17.2 Å². The van der Waals surface area contributed by atoms with Crippen LogP contribution in [0.3, 0.4) is 0 Å². The molecule has 0 radical (unpaired) electrons. The van der Waals surface area contributed by atoms with E-state index in [0.29, 0.717) is 35.0 Å². The van der Waals surface area contributed by atoms with E-state index in [2.05, 4.69) is 20.9 Å². The summed E-state index contributed by atoms with van der Waals surface area (Å²) in [5, 5.41) is 8.45. The lowest BCUT2D eigenvalue weighted by atomic mass is 10.1. The van der Waals surface area contributed by atoms with Crippen molar-refractivity contribution in [2.75, 3.05) is 44.9 Å². The Hall–Kier alpha value is -4.04. The summed E-state index contributed by atoms with van der Waals surface area (Å²) in [4.78, 5) is 27.1. The quantitative estimate of drug-likeness (QED) is 0.331. The van der Waals surface area contributed by atoms with Crippen molar-refractivity contribution in [1.82, 2.24) is 10.2 Å². The standard InChI is InChI=1S/C27H32N4O4/c1-31(2)18-8-7-17-28-26(32)24-16-13-21(19-25(24)34-3)30-27(33)29-20-11-14-23(15-12-20)35-22-9-5-4-6-10-22/h4-6,9-16,19H,7-8,17-18H2,1-3H3,(H,28,32)(H2,29,30,33). The minimum Gasteiger partial charge on any atom is -0.496 e. The lowest BCUT2D eigenvalue weighted by molar-refractivity contribution is 0.0949. The van der Waals surface area contributed by atoms with E-state index in [1.54, 1.807) is 42.5 Å². The lowest BCUT2D eigenvalue weighted by Crippen LogP contribution is -2.26. The molecular weight excluding hydrogens is 444 g/mol. The first kappa shape index (κ1) is 25.6. The van der Waals surface area contributed by atoms with Crippen LogP contribution in [0.25, 0.3) is 0 Å². The molecule has 8 nitrogen and oxygen atoms in total. The van der Waals surface area contributed by atoms with Crippen molar-refractivity contribution in [3.05, 3.63) is 78.4 Å². The predicted octanol–water partition coefficient (Wildman–Crippen LogP) is 5.20. The van der Waals surface area contributed by atoms with Gasteiger partial charge in [-0.25, -0.2) is 4.79 Å². The first-order chi connectivity index (χ1) is 16.9. The Bertz CT molecular complexity index is 1100. The van der Waals surface area contributed by atoms with Crippen LogP contribution in [0.2, 0.25) is 0 Å². The summed E-state index contributed by atoms with van der Waals surface area (Å²) in [5.74, 6) is 1.58. The molecule has 35 heavy (non-hydrogen) atoms. The van der Waals surface area contributed by atoms with E-state index in [0.717, 1.165) is 25.1 Å². The molecule has 3 rings (SSSR count). The number of carbonyl (C=O) groups excluding carboxylic acids is 2. The fourth-order valence-electron chi connectivity index (χ4n) is 3.33. The molecule has 0 saturated heterocycles. The van der Waals surface area contributed by atoms with Crippen LogP contribution in [0.4, 0.5) is 16.2 Å². The number of anilines is 2. The Balaban J connectivity index is 1.52. The van der Waals surface area contributed by atoms with Crippen LogP contribution in [0.5, 0.6) is 17.2 Å². The highest BCUT2D eigenvalue weighted by Gasteiger charge is 2.13. The summed E-state index contributed by atoms with van der Waals surface area (Å²) in [5.41, 5.74) is 1.53. The number of urea groups is 1. The fraction of sp³-hybridized carbons (Fsp3) is 0.259. The molecule has 0 saturated carbocycles. The second kappa shape index (κ2) is 13.0. The zero-order chi connectivity index (χ0) is 25.0. The van der Waals surface area contributed by atoms with Crippen molar-refractivity contribution in [1.29, 1.82) is 0 Å². The molecule has 3 aromatic carbocycles. The minimum atomic E-state index is -0.415. The second-order valence-corrected chi connectivity index (χ2v) is 8.20. The molecule has 0 aliphatic rings. The third-order valence-electron chi connectivity index (χ3n) is 5.11. The van der Waals surface area contributed by atoms with E-state index in [9.17, 15) is 9.59 Å². The number of ether oxygens (including phenoxy) is 2. The van der Waals surface area contributed by atoms with Gasteiger partial charge in [0.2, 0.25) is 0 Å². The van der Waals surface area contributed by atoms with Gasteiger partial charge in [-0.15, -0.1) is 0 Å². The number of carbonyl (C=O) groups is 2. The second-order valence-electron chi connectivity index (χ2n) is 8.20. The summed E-state index contributed by atoms with van der Waals surface area (Å²) in [6.45, 7) is 1.57. The molecule has 0 fully saturated rings. The van der Waals surface area contributed by atoms with E-state index in [1.165, 1.54) is 7.11 Å². The van der Waals surface area contributed by atoms with E-state index in [1.807, 2.05) is 44.4 Å². The predicted molar refractivity (Wildman–Crippen MR) is 139 cm³/mol. The third-order valence-corrected chi connectivity index (χ3v) is 5.11. The Labute approximate surface area is 206 Å². The average Bonchev–Trinajstić information content (AvgIpc) is 2.85.